The molecule has 1 heterocycles. The minimum Gasteiger partial charge on any atom is -0.323 e. The number of benzene rings is 2. The summed E-state index contributed by atoms with van der Waals surface area (Å²) in [7, 11) is 0. The van der Waals surface area contributed by atoms with Crippen LogP contribution in [0.15, 0.2) is 60.8 Å². The first-order valence-electron chi connectivity index (χ1n) is 8.82. The van der Waals surface area contributed by atoms with Gasteiger partial charge in [0, 0.05) is 11.9 Å². The normalized spacial score (nSPS) is 13.4. The summed E-state index contributed by atoms with van der Waals surface area (Å²) in [6.45, 7) is 1.36. The molecule has 0 unspecified atom stereocenters. The molecule has 3 rings (SSSR count). The van der Waals surface area contributed by atoms with Crippen LogP contribution in [0.1, 0.15) is 23.7 Å². The number of amides is 2. The van der Waals surface area contributed by atoms with E-state index < -0.39 is 34.9 Å². The number of carbonyl (C=O) groups excluding carboxylic acids is 1. The van der Waals surface area contributed by atoms with Gasteiger partial charge in [0.25, 0.3) is 0 Å². The van der Waals surface area contributed by atoms with Crippen LogP contribution in [-0.2, 0) is 11.7 Å². The molecule has 0 bridgehead atoms. The lowest BCUT2D eigenvalue weighted by molar-refractivity contribution is -0.137. The molecule has 0 aliphatic heterocycles. The SMILES string of the molecule is C[C@@](NC(=O)Nc1cccc(F)c1)(c1cc(F)cc(C(F)(F)F)c1)c1ccc(Cl)cn1. The number of pyridine rings is 1. The van der Waals surface area contributed by atoms with Gasteiger partial charge in [-0.3, -0.25) is 4.98 Å². The Morgan fingerprint density at radius 3 is 2.29 bits per heavy atom. The van der Waals surface area contributed by atoms with Gasteiger partial charge in [0.15, 0.2) is 0 Å². The van der Waals surface area contributed by atoms with Crippen molar-refractivity contribution in [3.8, 4) is 0 Å². The van der Waals surface area contributed by atoms with Crippen molar-refractivity contribution in [3.05, 3.63) is 94.3 Å². The summed E-state index contributed by atoms with van der Waals surface area (Å²) in [5.41, 5.74) is -2.91. The van der Waals surface area contributed by atoms with Crippen molar-refractivity contribution < 1.29 is 26.7 Å². The number of urea groups is 1. The van der Waals surface area contributed by atoms with E-state index >= 15 is 0 Å². The highest BCUT2D eigenvalue weighted by Crippen LogP contribution is 2.35. The molecule has 2 aromatic carbocycles. The maximum atomic E-state index is 14.1. The Balaban J connectivity index is 2.05. The molecule has 1 atom stereocenters. The maximum Gasteiger partial charge on any atom is 0.416 e. The fourth-order valence-electron chi connectivity index (χ4n) is 2.95. The Labute approximate surface area is 179 Å². The molecule has 0 aliphatic carbocycles. The maximum absolute atomic E-state index is 14.1. The van der Waals surface area contributed by atoms with E-state index in [-0.39, 0.29) is 22.0 Å². The molecule has 2 amide bonds. The lowest BCUT2D eigenvalue weighted by Crippen LogP contribution is -2.47. The van der Waals surface area contributed by atoms with Crippen LogP contribution in [0.4, 0.5) is 32.4 Å². The van der Waals surface area contributed by atoms with E-state index in [0.29, 0.717) is 6.07 Å². The molecule has 31 heavy (non-hydrogen) atoms. The third kappa shape index (κ3) is 5.29. The van der Waals surface area contributed by atoms with E-state index in [0.717, 1.165) is 18.2 Å². The number of aromatic nitrogens is 1. The van der Waals surface area contributed by atoms with Gasteiger partial charge in [0.2, 0.25) is 0 Å². The van der Waals surface area contributed by atoms with Gasteiger partial charge in [-0.2, -0.15) is 13.2 Å². The van der Waals surface area contributed by atoms with Gasteiger partial charge in [-0.05, 0) is 61.0 Å². The molecule has 0 spiro atoms. The second kappa shape index (κ2) is 8.50. The van der Waals surface area contributed by atoms with E-state index in [1.54, 1.807) is 0 Å². The molecule has 0 saturated carbocycles. The van der Waals surface area contributed by atoms with E-state index in [1.165, 1.54) is 43.5 Å². The summed E-state index contributed by atoms with van der Waals surface area (Å²) < 4.78 is 67.2. The molecule has 162 valence electrons. The predicted molar refractivity (Wildman–Crippen MR) is 106 cm³/mol. The van der Waals surface area contributed by atoms with Gasteiger partial charge in [0.1, 0.15) is 17.2 Å². The van der Waals surface area contributed by atoms with Crippen LogP contribution in [0.2, 0.25) is 5.02 Å². The van der Waals surface area contributed by atoms with Crippen LogP contribution >= 0.6 is 11.6 Å². The molecule has 4 nitrogen and oxygen atoms in total. The molecule has 0 saturated heterocycles. The van der Waals surface area contributed by atoms with Crippen molar-refractivity contribution in [2.45, 2.75) is 18.6 Å². The van der Waals surface area contributed by atoms with Crippen LogP contribution in [0.3, 0.4) is 0 Å². The monoisotopic (exact) mass is 455 g/mol. The van der Waals surface area contributed by atoms with Crippen molar-refractivity contribution in [1.82, 2.24) is 10.3 Å². The van der Waals surface area contributed by atoms with Gasteiger partial charge in [-0.25, -0.2) is 13.6 Å². The Bertz CT molecular complexity index is 1100. The highest BCUT2D eigenvalue weighted by atomic mass is 35.5. The fourth-order valence-corrected chi connectivity index (χ4v) is 3.07. The third-order valence-electron chi connectivity index (χ3n) is 4.49. The number of nitrogens with zero attached hydrogens (tertiary/aromatic N) is 1. The first-order chi connectivity index (χ1) is 14.5. The first kappa shape index (κ1) is 22.5. The summed E-state index contributed by atoms with van der Waals surface area (Å²) in [5, 5.41) is 5.15. The number of rotatable bonds is 4. The van der Waals surface area contributed by atoms with Crippen LogP contribution in [0, 0.1) is 11.6 Å². The fraction of sp³-hybridized carbons (Fsp3) is 0.143. The van der Waals surface area contributed by atoms with E-state index in [2.05, 4.69) is 15.6 Å². The van der Waals surface area contributed by atoms with Crippen molar-refractivity contribution >= 4 is 23.3 Å². The number of nitrogens with one attached hydrogen (secondary N) is 2. The minimum atomic E-state index is -4.81. The second-order valence-electron chi connectivity index (χ2n) is 6.80. The molecule has 0 radical (unpaired) electrons. The standard InChI is InChI=1S/C21H15ClF5N3O/c1-20(18-6-5-14(22)11-28-18,12-7-13(21(25,26)27)9-16(24)8-12)30-19(31)29-17-4-2-3-15(23)10-17/h2-11H,1H3,(H2,29,30,31)/t20-/m1/s1. The van der Waals surface area contributed by atoms with E-state index in [4.69, 9.17) is 11.6 Å². The van der Waals surface area contributed by atoms with Gasteiger partial charge >= 0.3 is 12.2 Å². The number of anilines is 1. The Morgan fingerprint density at radius 1 is 0.968 bits per heavy atom. The number of hydrogen-bond acceptors (Lipinski definition) is 2. The Kier molecular flexibility index (Phi) is 6.17. The molecule has 10 heteroatoms. The largest absolute Gasteiger partial charge is 0.416 e. The van der Waals surface area contributed by atoms with Gasteiger partial charge in [-0.1, -0.05) is 17.7 Å². The summed E-state index contributed by atoms with van der Waals surface area (Å²) in [4.78, 5) is 16.7. The average molecular weight is 456 g/mol. The Morgan fingerprint density at radius 2 is 1.68 bits per heavy atom. The number of hydrogen-bond donors (Lipinski definition) is 2. The minimum absolute atomic E-state index is 0.102. The zero-order valence-corrected chi connectivity index (χ0v) is 16.7. The molecular weight excluding hydrogens is 441 g/mol. The summed E-state index contributed by atoms with van der Waals surface area (Å²) in [6, 6.07) is 8.92. The highest BCUT2D eigenvalue weighted by molar-refractivity contribution is 6.30. The number of carbonyl (C=O) groups is 1. The third-order valence-corrected chi connectivity index (χ3v) is 4.71. The smallest absolute Gasteiger partial charge is 0.323 e. The zero-order valence-electron chi connectivity index (χ0n) is 15.9. The summed E-state index contributed by atoms with van der Waals surface area (Å²) in [6.07, 6.45) is -3.57. The van der Waals surface area contributed by atoms with Crippen molar-refractivity contribution in [3.63, 3.8) is 0 Å². The predicted octanol–water partition coefficient (Wildman–Crippen LogP) is 6.12. The highest BCUT2D eigenvalue weighted by Gasteiger charge is 2.37. The lowest BCUT2D eigenvalue weighted by Gasteiger charge is -2.31. The van der Waals surface area contributed by atoms with E-state index in [1.807, 2.05) is 0 Å². The summed E-state index contributed by atoms with van der Waals surface area (Å²) >= 11 is 5.84. The molecule has 0 fully saturated rings. The Hall–Kier alpha value is -3.20. The van der Waals surface area contributed by atoms with Crippen LogP contribution in [0.5, 0.6) is 0 Å². The van der Waals surface area contributed by atoms with Gasteiger partial charge in [0.05, 0.1) is 16.3 Å². The molecule has 1 aromatic heterocycles. The van der Waals surface area contributed by atoms with Crippen molar-refractivity contribution in [2.75, 3.05) is 5.32 Å². The quantitative estimate of drug-likeness (QED) is 0.466. The van der Waals surface area contributed by atoms with Crippen LogP contribution in [-0.4, -0.2) is 11.0 Å². The van der Waals surface area contributed by atoms with Crippen molar-refractivity contribution in [2.24, 2.45) is 0 Å². The van der Waals surface area contributed by atoms with E-state index in [9.17, 15) is 26.7 Å². The number of halogens is 6. The number of alkyl halides is 3. The first-order valence-corrected chi connectivity index (χ1v) is 9.20. The van der Waals surface area contributed by atoms with Gasteiger partial charge < -0.3 is 10.6 Å². The molecule has 3 aromatic rings. The lowest BCUT2D eigenvalue weighted by atomic mass is 9.87. The van der Waals surface area contributed by atoms with Crippen LogP contribution < -0.4 is 10.6 Å². The topological polar surface area (TPSA) is 54.0 Å². The average Bonchev–Trinajstić information content (AvgIpc) is 2.67. The molecule has 0 aliphatic rings. The molecule has 2 N–H and O–H groups in total. The second-order valence-corrected chi connectivity index (χ2v) is 7.24. The van der Waals surface area contributed by atoms with Crippen LogP contribution in [0.25, 0.3) is 0 Å². The van der Waals surface area contributed by atoms with Crippen molar-refractivity contribution in [1.29, 1.82) is 0 Å². The summed E-state index contributed by atoms with van der Waals surface area (Å²) in [5.74, 6) is -1.74. The molecular formula is C21H15ClF5N3O. The zero-order chi connectivity index (χ0) is 22.8. The van der Waals surface area contributed by atoms with Gasteiger partial charge in [-0.15, -0.1) is 0 Å².